The van der Waals surface area contributed by atoms with E-state index in [2.05, 4.69) is 28.9 Å². The SMILES string of the molecule is CNS(=O)(=O)c1ccc(NC(C)C2CCCN(C)C2)cc1. The molecule has 2 unspecified atom stereocenters. The monoisotopic (exact) mass is 311 g/mol. The number of likely N-dealkylation sites (tertiary alicyclic amines) is 1. The lowest BCUT2D eigenvalue weighted by atomic mass is 9.92. The summed E-state index contributed by atoms with van der Waals surface area (Å²) >= 11 is 0. The molecule has 118 valence electrons. The van der Waals surface area contributed by atoms with E-state index in [1.165, 1.54) is 26.4 Å². The van der Waals surface area contributed by atoms with E-state index in [0.717, 1.165) is 12.2 Å². The highest BCUT2D eigenvalue weighted by atomic mass is 32.2. The first kappa shape index (κ1) is 16.3. The summed E-state index contributed by atoms with van der Waals surface area (Å²) in [5.74, 6) is 0.629. The topological polar surface area (TPSA) is 61.4 Å². The number of piperidine rings is 1. The molecule has 1 aliphatic rings. The van der Waals surface area contributed by atoms with E-state index in [-0.39, 0.29) is 0 Å². The van der Waals surface area contributed by atoms with Crippen molar-refractivity contribution in [1.82, 2.24) is 9.62 Å². The molecular weight excluding hydrogens is 286 g/mol. The van der Waals surface area contributed by atoms with Crippen LogP contribution in [0.4, 0.5) is 5.69 Å². The third-order valence-corrected chi connectivity index (χ3v) is 5.63. The fraction of sp³-hybridized carbons (Fsp3) is 0.600. The average Bonchev–Trinajstić information content (AvgIpc) is 2.48. The maximum atomic E-state index is 11.7. The lowest BCUT2D eigenvalue weighted by Gasteiger charge is -2.34. The second kappa shape index (κ2) is 6.77. The van der Waals surface area contributed by atoms with E-state index in [1.54, 1.807) is 12.1 Å². The minimum Gasteiger partial charge on any atom is -0.382 e. The molecule has 0 saturated carbocycles. The lowest BCUT2D eigenvalue weighted by molar-refractivity contribution is 0.197. The molecule has 0 aliphatic carbocycles. The van der Waals surface area contributed by atoms with Crippen LogP contribution in [0.2, 0.25) is 0 Å². The summed E-state index contributed by atoms with van der Waals surface area (Å²) in [5, 5.41) is 3.49. The highest BCUT2D eigenvalue weighted by molar-refractivity contribution is 7.89. The molecule has 2 rings (SSSR count). The highest BCUT2D eigenvalue weighted by Gasteiger charge is 2.22. The Morgan fingerprint density at radius 2 is 1.95 bits per heavy atom. The number of nitrogens with one attached hydrogen (secondary N) is 2. The van der Waals surface area contributed by atoms with Crippen LogP contribution in [0.5, 0.6) is 0 Å². The first-order valence-corrected chi connectivity index (χ1v) is 8.89. The standard InChI is InChI=1S/C15H25N3O2S/c1-12(13-5-4-10-18(3)11-13)17-14-6-8-15(9-7-14)21(19,20)16-2/h6-9,12-13,16-17H,4-5,10-11H2,1-3H3. The van der Waals surface area contributed by atoms with E-state index in [4.69, 9.17) is 0 Å². The molecule has 1 aromatic rings. The molecule has 5 nitrogen and oxygen atoms in total. The van der Waals surface area contributed by atoms with E-state index >= 15 is 0 Å². The number of benzene rings is 1. The largest absolute Gasteiger partial charge is 0.382 e. The molecule has 1 aromatic carbocycles. The van der Waals surface area contributed by atoms with Crippen LogP contribution in [0.1, 0.15) is 19.8 Å². The number of hydrogen-bond donors (Lipinski definition) is 2. The van der Waals surface area contributed by atoms with E-state index in [1.807, 2.05) is 12.1 Å². The van der Waals surface area contributed by atoms with Crippen molar-refractivity contribution in [2.45, 2.75) is 30.7 Å². The molecule has 6 heteroatoms. The Kier molecular flexibility index (Phi) is 5.24. The number of anilines is 1. The van der Waals surface area contributed by atoms with Crippen molar-refractivity contribution in [1.29, 1.82) is 0 Å². The zero-order valence-corrected chi connectivity index (χ0v) is 13.8. The van der Waals surface area contributed by atoms with Gasteiger partial charge >= 0.3 is 0 Å². The van der Waals surface area contributed by atoms with Crippen LogP contribution in [0.3, 0.4) is 0 Å². The van der Waals surface area contributed by atoms with Crippen LogP contribution >= 0.6 is 0 Å². The predicted molar refractivity (Wildman–Crippen MR) is 86.0 cm³/mol. The van der Waals surface area contributed by atoms with Gasteiger partial charge < -0.3 is 10.2 Å². The van der Waals surface area contributed by atoms with Crippen LogP contribution in [-0.4, -0.2) is 46.5 Å². The number of nitrogens with zero attached hydrogens (tertiary/aromatic N) is 1. The molecular formula is C15H25N3O2S. The van der Waals surface area contributed by atoms with Gasteiger partial charge in [-0.3, -0.25) is 0 Å². The normalized spacial score (nSPS) is 22.0. The third-order valence-electron chi connectivity index (χ3n) is 4.20. The Morgan fingerprint density at radius 1 is 1.29 bits per heavy atom. The van der Waals surface area contributed by atoms with Gasteiger partial charge in [-0.15, -0.1) is 0 Å². The summed E-state index contributed by atoms with van der Waals surface area (Å²) in [5.41, 5.74) is 0.964. The minimum absolute atomic E-state index is 0.292. The molecule has 2 atom stereocenters. The lowest BCUT2D eigenvalue weighted by Crippen LogP contribution is -2.39. The van der Waals surface area contributed by atoms with Crippen molar-refractivity contribution in [3.8, 4) is 0 Å². The van der Waals surface area contributed by atoms with Crippen LogP contribution in [0, 0.1) is 5.92 Å². The number of sulfonamides is 1. The Morgan fingerprint density at radius 3 is 2.52 bits per heavy atom. The van der Waals surface area contributed by atoms with Crippen molar-refractivity contribution >= 4 is 15.7 Å². The van der Waals surface area contributed by atoms with Gasteiger partial charge in [0.1, 0.15) is 0 Å². The van der Waals surface area contributed by atoms with E-state index in [0.29, 0.717) is 16.9 Å². The van der Waals surface area contributed by atoms with Gasteiger partial charge in [0.25, 0.3) is 0 Å². The molecule has 0 spiro atoms. The van der Waals surface area contributed by atoms with Crippen molar-refractivity contribution < 1.29 is 8.42 Å². The van der Waals surface area contributed by atoms with Gasteiger partial charge in [0.2, 0.25) is 10.0 Å². The van der Waals surface area contributed by atoms with Crippen LogP contribution in [-0.2, 0) is 10.0 Å². The van der Waals surface area contributed by atoms with Gasteiger partial charge in [-0.2, -0.15) is 0 Å². The van der Waals surface area contributed by atoms with Gasteiger partial charge in [0, 0.05) is 18.3 Å². The van der Waals surface area contributed by atoms with Crippen LogP contribution < -0.4 is 10.0 Å². The fourth-order valence-corrected chi connectivity index (χ4v) is 3.57. The summed E-state index contributed by atoms with van der Waals surface area (Å²) in [7, 11) is 0.227. The Bertz CT molecular complexity index is 557. The second-order valence-electron chi connectivity index (χ2n) is 5.83. The summed E-state index contributed by atoms with van der Waals surface area (Å²) in [6.07, 6.45) is 2.48. The molecule has 0 radical (unpaired) electrons. The van der Waals surface area contributed by atoms with Crippen molar-refractivity contribution in [3.63, 3.8) is 0 Å². The summed E-state index contributed by atoms with van der Waals surface area (Å²) < 4.78 is 25.7. The summed E-state index contributed by atoms with van der Waals surface area (Å²) in [4.78, 5) is 2.66. The van der Waals surface area contributed by atoms with Crippen molar-refractivity contribution in [2.24, 2.45) is 5.92 Å². The number of hydrogen-bond acceptors (Lipinski definition) is 4. The van der Waals surface area contributed by atoms with Gasteiger partial charge in [-0.25, -0.2) is 13.1 Å². The number of rotatable bonds is 5. The summed E-state index contributed by atoms with van der Waals surface area (Å²) in [6.45, 7) is 4.49. The fourth-order valence-electron chi connectivity index (χ4n) is 2.84. The Hall–Kier alpha value is -1.11. The molecule has 2 N–H and O–H groups in total. The Balaban J connectivity index is 2.00. The average molecular weight is 311 g/mol. The predicted octanol–water partition coefficient (Wildman–Crippen LogP) is 1.74. The zero-order valence-electron chi connectivity index (χ0n) is 13.0. The molecule has 0 amide bonds. The molecule has 1 fully saturated rings. The van der Waals surface area contributed by atoms with Gasteiger partial charge in [0.05, 0.1) is 4.90 Å². The quantitative estimate of drug-likeness (QED) is 0.869. The van der Waals surface area contributed by atoms with Crippen LogP contribution in [0.15, 0.2) is 29.2 Å². The molecule has 21 heavy (non-hydrogen) atoms. The molecule has 1 heterocycles. The molecule has 0 bridgehead atoms. The van der Waals surface area contributed by atoms with Gasteiger partial charge in [0.15, 0.2) is 0 Å². The first-order valence-electron chi connectivity index (χ1n) is 7.41. The molecule has 1 aliphatic heterocycles. The van der Waals surface area contributed by atoms with Gasteiger partial charge in [-0.05, 0) is 70.6 Å². The van der Waals surface area contributed by atoms with E-state index < -0.39 is 10.0 Å². The Labute approximate surface area is 127 Å². The second-order valence-corrected chi connectivity index (χ2v) is 7.72. The van der Waals surface area contributed by atoms with E-state index in [9.17, 15) is 8.42 Å². The summed E-state index contributed by atoms with van der Waals surface area (Å²) in [6, 6.07) is 7.29. The molecule has 1 saturated heterocycles. The minimum atomic E-state index is -3.36. The smallest absolute Gasteiger partial charge is 0.240 e. The van der Waals surface area contributed by atoms with Crippen molar-refractivity contribution in [2.75, 3.05) is 32.5 Å². The third kappa shape index (κ3) is 4.18. The molecule has 0 aromatic heterocycles. The van der Waals surface area contributed by atoms with Crippen LogP contribution in [0.25, 0.3) is 0 Å². The zero-order chi connectivity index (χ0) is 15.5. The maximum absolute atomic E-state index is 11.7. The van der Waals surface area contributed by atoms with Gasteiger partial charge in [-0.1, -0.05) is 0 Å². The maximum Gasteiger partial charge on any atom is 0.240 e. The highest BCUT2D eigenvalue weighted by Crippen LogP contribution is 2.22. The first-order chi connectivity index (χ1) is 9.92. The van der Waals surface area contributed by atoms with Crippen molar-refractivity contribution in [3.05, 3.63) is 24.3 Å².